The Morgan fingerprint density at radius 2 is 1.93 bits per heavy atom. The Bertz CT molecular complexity index is 863. The van der Waals surface area contributed by atoms with Crippen molar-refractivity contribution in [2.24, 2.45) is 0 Å². The second-order valence-corrected chi connectivity index (χ2v) is 8.64. The predicted molar refractivity (Wildman–Crippen MR) is 119 cm³/mol. The number of hydrogen-bond acceptors (Lipinski definition) is 3. The standard InChI is InChI=1S/C25H33NO2/c1-8-19-21(14-18(25(5,6)7)15-22(19)26-9-2)23(27)11-10-20-17(4)12-16(3)13-24(20)28/h8,12,14-15,26H,1,9-11,13H2,2-7H3. The van der Waals surface area contributed by atoms with Gasteiger partial charge in [-0.15, -0.1) is 0 Å². The molecule has 1 aromatic carbocycles. The fourth-order valence-corrected chi connectivity index (χ4v) is 3.67. The van der Waals surface area contributed by atoms with Gasteiger partial charge in [-0.2, -0.15) is 0 Å². The third-order valence-corrected chi connectivity index (χ3v) is 5.23. The molecule has 0 spiro atoms. The van der Waals surface area contributed by atoms with Crippen LogP contribution in [0.5, 0.6) is 0 Å². The Labute approximate surface area is 169 Å². The summed E-state index contributed by atoms with van der Waals surface area (Å²) < 4.78 is 0. The third kappa shape index (κ3) is 4.89. The molecule has 3 heteroatoms. The molecule has 0 saturated heterocycles. The average Bonchev–Trinajstić information content (AvgIpc) is 2.59. The molecule has 28 heavy (non-hydrogen) atoms. The fourth-order valence-electron chi connectivity index (χ4n) is 3.67. The van der Waals surface area contributed by atoms with E-state index in [0.717, 1.165) is 40.1 Å². The lowest BCUT2D eigenvalue weighted by atomic mass is 9.83. The van der Waals surface area contributed by atoms with Crippen molar-refractivity contribution in [3.63, 3.8) is 0 Å². The van der Waals surface area contributed by atoms with E-state index in [-0.39, 0.29) is 17.0 Å². The van der Waals surface area contributed by atoms with Gasteiger partial charge in [0, 0.05) is 36.2 Å². The summed E-state index contributed by atoms with van der Waals surface area (Å²) in [5.74, 6) is 0.200. The molecule has 0 radical (unpaired) electrons. The highest BCUT2D eigenvalue weighted by atomic mass is 16.1. The molecule has 0 fully saturated rings. The van der Waals surface area contributed by atoms with Gasteiger partial charge in [0.25, 0.3) is 0 Å². The van der Waals surface area contributed by atoms with Crippen LogP contribution < -0.4 is 5.32 Å². The molecule has 0 unspecified atom stereocenters. The first-order valence-electron chi connectivity index (χ1n) is 10.1. The first-order valence-corrected chi connectivity index (χ1v) is 10.1. The summed E-state index contributed by atoms with van der Waals surface area (Å²) in [6.45, 7) is 17.1. The zero-order valence-electron chi connectivity index (χ0n) is 18.2. The Morgan fingerprint density at radius 3 is 2.46 bits per heavy atom. The highest BCUT2D eigenvalue weighted by molar-refractivity contribution is 6.04. The summed E-state index contributed by atoms with van der Waals surface area (Å²) in [6, 6.07) is 4.11. The fraction of sp³-hybridized carbons (Fsp3) is 0.440. The van der Waals surface area contributed by atoms with Gasteiger partial charge in [-0.05, 0) is 61.4 Å². The molecule has 1 aromatic rings. The normalized spacial score (nSPS) is 14.8. The van der Waals surface area contributed by atoms with E-state index in [9.17, 15) is 9.59 Å². The number of nitrogens with one attached hydrogen (secondary N) is 1. The third-order valence-electron chi connectivity index (χ3n) is 5.23. The van der Waals surface area contributed by atoms with E-state index >= 15 is 0 Å². The van der Waals surface area contributed by atoms with Crippen LogP contribution in [0.15, 0.2) is 41.5 Å². The highest BCUT2D eigenvalue weighted by Gasteiger charge is 2.23. The van der Waals surface area contributed by atoms with Crippen molar-refractivity contribution in [3.8, 4) is 0 Å². The van der Waals surface area contributed by atoms with Gasteiger partial charge in [-0.25, -0.2) is 0 Å². The topological polar surface area (TPSA) is 46.2 Å². The molecular formula is C25H33NO2. The second-order valence-electron chi connectivity index (χ2n) is 8.64. The highest BCUT2D eigenvalue weighted by Crippen LogP contribution is 2.32. The monoisotopic (exact) mass is 379 g/mol. The molecule has 1 N–H and O–H groups in total. The van der Waals surface area contributed by atoms with Gasteiger partial charge in [0.15, 0.2) is 11.6 Å². The van der Waals surface area contributed by atoms with E-state index in [0.29, 0.717) is 24.8 Å². The molecule has 2 rings (SSSR count). The lowest BCUT2D eigenvalue weighted by Crippen LogP contribution is -2.16. The first-order chi connectivity index (χ1) is 13.1. The van der Waals surface area contributed by atoms with Crippen LogP contribution in [0.4, 0.5) is 5.69 Å². The van der Waals surface area contributed by atoms with Crippen molar-refractivity contribution >= 4 is 23.3 Å². The largest absolute Gasteiger partial charge is 0.385 e. The smallest absolute Gasteiger partial charge is 0.163 e. The van der Waals surface area contributed by atoms with Crippen LogP contribution in [0.1, 0.15) is 82.3 Å². The van der Waals surface area contributed by atoms with E-state index < -0.39 is 0 Å². The molecule has 1 aliphatic carbocycles. The van der Waals surface area contributed by atoms with Gasteiger partial charge >= 0.3 is 0 Å². The number of rotatable bonds is 7. The maximum atomic E-state index is 13.2. The van der Waals surface area contributed by atoms with Gasteiger partial charge in [-0.1, -0.05) is 45.1 Å². The Balaban J connectivity index is 2.38. The molecule has 3 nitrogen and oxygen atoms in total. The number of hydrogen-bond donors (Lipinski definition) is 1. The van der Waals surface area contributed by atoms with E-state index in [1.807, 2.05) is 26.8 Å². The van der Waals surface area contributed by atoms with Crippen molar-refractivity contribution in [1.29, 1.82) is 0 Å². The van der Waals surface area contributed by atoms with E-state index in [4.69, 9.17) is 0 Å². The predicted octanol–water partition coefficient (Wildman–Crippen LogP) is 6.26. The van der Waals surface area contributed by atoms with Crippen LogP contribution in [-0.2, 0) is 10.2 Å². The summed E-state index contributed by atoms with van der Waals surface area (Å²) in [6.07, 6.45) is 5.08. The quantitative estimate of drug-likeness (QED) is 0.569. The zero-order chi connectivity index (χ0) is 21.1. The number of carbonyl (C=O) groups excluding carboxylic acids is 2. The summed E-state index contributed by atoms with van der Waals surface area (Å²) in [7, 11) is 0. The zero-order valence-corrected chi connectivity index (χ0v) is 18.2. The number of carbonyl (C=O) groups is 2. The SMILES string of the molecule is C=Cc1c(NCC)cc(C(C)(C)C)cc1C(=O)CCC1=C(C)C=C(C)CC1=O. The maximum Gasteiger partial charge on any atom is 0.163 e. The minimum atomic E-state index is -0.0698. The maximum absolute atomic E-state index is 13.2. The van der Waals surface area contributed by atoms with Crippen LogP contribution >= 0.6 is 0 Å². The van der Waals surface area contributed by atoms with E-state index in [2.05, 4.69) is 44.8 Å². The Hall–Kier alpha value is -2.42. The summed E-state index contributed by atoms with van der Waals surface area (Å²) in [4.78, 5) is 25.5. The Morgan fingerprint density at radius 1 is 1.25 bits per heavy atom. The number of benzene rings is 1. The second kappa shape index (κ2) is 8.72. The molecule has 0 saturated carbocycles. The molecule has 150 valence electrons. The molecule has 0 heterocycles. The molecule has 0 amide bonds. The molecule has 0 aromatic heterocycles. The molecule has 0 aliphatic heterocycles. The molecule has 0 atom stereocenters. The Kier molecular flexibility index (Phi) is 6.82. The van der Waals surface area contributed by atoms with Gasteiger partial charge in [0.05, 0.1) is 0 Å². The lowest BCUT2D eigenvalue weighted by Gasteiger charge is -2.23. The summed E-state index contributed by atoms with van der Waals surface area (Å²) in [5.41, 5.74) is 6.37. The number of ketones is 2. The lowest BCUT2D eigenvalue weighted by molar-refractivity contribution is -0.115. The summed E-state index contributed by atoms with van der Waals surface area (Å²) >= 11 is 0. The number of Topliss-reactive ketones (excluding diaryl/α,β-unsaturated/α-hetero) is 2. The van der Waals surface area contributed by atoms with Crippen LogP contribution in [0.25, 0.3) is 6.08 Å². The molecule has 0 bridgehead atoms. The van der Waals surface area contributed by atoms with Crippen molar-refractivity contribution in [3.05, 3.63) is 58.2 Å². The van der Waals surface area contributed by atoms with E-state index in [1.54, 1.807) is 6.08 Å². The minimum Gasteiger partial charge on any atom is -0.385 e. The van der Waals surface area contributed by atoms with Crippen LogP contribution in [-0.4, -0.2) is 18.1 Å². The van der Waals surface area contributed by atoms with Crippen molar-refractivity contribution in [2.75, 3.05) is 11.9 Å². The number of anilines is 1. The van der Waals surface area contributed by atoms with Crippen LogP contribution in [0.2, 0.25) is 0 Å². The number of allylic oxidation sites excluding steroid dienone is 4. The van der Waals surface area contributed by atoms with Gasteiger partial charge in [0.2, 0.25) is 0 Å². The van der Waals surface area contributed by atoms with Crippen LogP contribution in [0, 0.1) is 0 Å². The van der Waals surface area contributed by atoms with Gasteiger partial charge in [-0.3, -0.25) is 9.59 Å². The van der Waals surface area contributed by atoms with Gasteiger partial charge in [0.1, 0.15) is 0 Å². The molecular weight excluding hydrogens is 346 g/mol. The van der Waals surface area contributed by atoms with Crippen LogP contribution in [0.3, 0.4) is 0 Å². The summed E-state index contributed by atoms with van der Waals surface area (Å²) in [5, 5.41) is 3.36. The van der Waals surface area contributed by atoms with Crippen molar-refractivity contribution in [1.82, 2.24) is 0 Å². The average molecular weight is 380 g/mol. The van der Waals surface area contributed by atoms with E-state index in [1.165, 1.54) is 0 Å². The first kappa shape index (κ1) is 21.9. The van der Waals surface area contributed by atoms with Gasteiger partial charge < -0.3 is 5.32 Å². The minimum absolute atomic E-state index is 0.0551. The molecule has 1 aliphatic rings. The van der Waals surface area contributed by atoms with Crippen molar-refractivity contribution in [2.45, 2.75) is 66.2 Å². The van der Waals surface area contributed by atoms with Crippen molar-refractivity contribution < 1.29 is 9.59 Å².